The van der Waals surface area contributed by atoms with Crippen LogP contribution in [-0.4, -0.2) is 161 Å². The van der Waals surface area contributed by atoms with Crippen LogP contribution in [0.4, 0.5) is 149 Å². The van der Waals surface area contributed by atoms with Crippen molar-refractivity contribution in [1.82, 2.24) is 12.9 Å². The van der Waals surface area contributed by atoms with Gasteiger partial charge in [0.15, 0.2) is 0 Å². The van der Waals surface area contributed by atoms with Gasteiger partial charge in [-0.2, -0.15) is 162 Å². The molecule has 576 valence electrons. The molecule has 4 rings (SSSR count). The Morgan fingerprint density at radius 1 is 0.287 bits per heavy atom. The summed E-state index contributed by atoms with van der Waals surface area (Å²) in [5.74, 6) is -122. The molecular weight excluding hydrogens is 1540 g/mol. The summed E-state index contributed by atoms with van der Waals surface area (Å²) in [4.78, 5) is -4.28. The third kappa shape index (κ3) is 14.2. The van der Waals surface area contributed by atoms with E-state index in [0.29, 0.717) is 34.2 Å². The number of alkyl halides is 34. The Morgan fingerprint density at radius 3 is 0.723 bits per heavy atom. The molecule has 1 heterocycles. The number of rotatable bonds is 23. The minimum absolute atomic E-state index is 0.0436. The maximum atomic E-state index is 15.7. The molecule has 0 saturated carbocycles. The molecule has 0 saturated heterocycles. The van der Waals surface area contributed by atoms with Crippen molar-refractivity contribution in [3.8, 4) is 0 Å². The Labute approximate surface area is 549 Å². The third-order valence-corrected chi connectivity index (χ3v) is 20.8. The van der Waals surface area contributed by atoms with Crippen molar-refractivity contribution in [1.29, 1.82) is 0 Å². The zero-order valence-electron chi connectivity index (χ0n) is 51.1. The van der Waals surface area contributed by atoms with Crippen molar-refractivity contribution in [3.63, 3.8) is 0 Å². The second kappa shape index (κ2) is 27.6. The molecule has 9 nitrogen and oxygen atoms in total. The van der Waals surface area contributed by atoms with Gasteiger partial charge in [-0.15, -0.1) is 0 Å². The minimum atomic E-state index is -9.07. The molecule has 1 aliphatic rings. The molecule has 0 aliphatic carbocycles. The molecule has 0 radical (unpaired) electrons. The lowest BCUT2D eigenvalue weighted by atomic mass is 9.87. The Hall–Kier alpha value is -5.77. The highest BCUT2D eigenvalue weighted by molar-refractivity contribution is 7.89. The lowest BCUT2D eigenvalue weighted by Gasteiger charge is -2.42. The fraction of sp³-hybridized carbons (Fsp3) is 0.564. The molecule has 3 aromatic rings. The Balaban J connectivity index is 1.98. The molecule has 0 atom stereocenters. The SMILES string of the molecule is CC(C)c1cc(C(C)C)c(S(=O)(=O)N2C/C=C/CN(S(=O)(=O)c3cccc(C(F)(F)C(F)(F)C(F)(F)C(F)(F)C(F)(F)C(F)(F)C(F)(F)C(F)(F)F)c3)C/C=C/CN(S(=O)(=O)c3cccc(C(F)(F)C(F)(F)C(F)(F)C(F)(F)C(F)(F)C(F)(F)C(F)(F)C(F)(F)F)c3)C/C=C/C2)c(C(C)C)c1. The minimum Gasteiger partial charge on any atom is -0.207 e. The first-order valence-corrected chi connectivity index (χ1v) is 31.9. The average molecular weight is 1590 g/mol. The number of benzene rings is 3. The fourth-order valence-electron chi connectivity index (χ4n) is 8.97. The van der Waals surface area contributed by atoms with Gasteiger partial charge < -0.3 is 0 Å². The second-order valence-electron chi connectivity index (χ2n) is 23.0. The number of halogens is 34. The lowest BCUT2D eigenvalue weighted by molar-refractivity contribution is -0.462. The van der Waals surface area contributed by atoms with Crippen LogP contribution in [0.5, 0.6) is 0 Å². The molecule has 1 aliphatic heterocycles. The van der Waals surface area contributed by atoms with E-state index in [9.17, 15) is 131 Å². The van der Waals surface area contributed by atoms with Crippen molar-refractivity contribution >= 4 is 30.1 Å². The predicted molar refractivity (Wildman–Crippen MR) is 285 cm³/mol. The van der Waals surface area contributed by atoms with Gasteiger partial charge in [-0.25, -0.2) is 25.3 Å². The van der Waals surface area contributed by atoms with Crippen molar-refractivity contribution < 1.29 is 175 Å². The van der Waals surface area contributed by atoms with Gasteiger partial charge in [0.05, 0.1) is 14.7 Å². The molecule has 46 heteroatoms. The van der Waals surface area contributed by atoms with Crippen molar-refractivity contribution in [3.05, 3.63) is 125 Å². The summed E-state index contributed by atoms with van der Waals surface area (Å²) >= 11 is 0. The standard InChI is InChI=1S/C55H49F34N3O6S3/c1-29(2)32-25-37(30(3)4)39(38(26-32)31(5)6)101(97,98)92-23-11-9-21-90(99(93,94)35-17-13-15-33(27-35)40(56,57)42(60,61)44(64,65)46(68,69)48(72,73)50(76,77)52(80,81)54(84,85)86)19-7-8-20-91(22-10-12-24-92)100(95,96)36-18-14-16-34(28-36)41(58,59)43(62,63)45(66,67)47(70,71)49(74,75)51(78,79)53(82,83)55(87,88)89/h7-18,25-31H,19-24H2,1-6H3/b8-7+,11-9+,12-10+. The second-order valence-corrected chi connectivity index (χ2v) is 28.7. The summed E-state index contributed by atoms with van der Waals surface area (Å²) in [5, 5.41) is 0. The van der Waals surface area contributed by atoms with Crippen molar-refractivity contribution in [2.75, 3.05) is 39.3 Å². The van der Waals surface area contributed by atoms with E-state index < -0.39 is 227 Å². The van der Waals surface area contributed by atoms with E-state index in [1.807, 2.05) is 0 Å². The highest BCUT2D eigenvalue weighted by Crippen LogP contribution is 2.67. The zero-order valence-corrected chi connectivity index (χ0v) is 53.5. The van der Waals surface area contributed by atoms with E-state index in [2.05, 4.69) is 0 Å². The van der Waals surface area contributed by atoms with E-state index in [1.54, 1.807) is 13.8 Å². The smallest absolute Gasteiger partial charge is 0.207 e. The number of nitrogens with zero attached hydrogens (tertiary/aromatic N) is 3. The van der Waals surface area contributed by atoms with Gasteiger partial charge in [0, 0.05) is 50.4 Å². The highest BCUT2D eigenvalue weighted by atomic mass is 32.2. The van der Waals surface area contributed by atoms with Gasteiger partial charge >= 0.3 is 95.3 Å². The van der Waals surface area contributed by atoms with E-state index in [1.165, 1.54) is 39.8 Å². The quantitative estimate of drug-likeness (QED) is 0.0690. The van der Waals surface area contributed by atoms with Gasteiger partial charge in [-0.1, -0.05) is 114 Å². The summed E-state index contributed by atoms with van der Waals surface area (Å²) in [6, 6.07) is -0.169. The van der Waals surface area contributed by atoms with E-state index >= 15 is 43.5 Å². The van der Waals surface area contributed by atoms with Gasteiger partial charge in [0.2, 0.25) is 30.1 Å². The van der Waals surface area contributed by atoms with Crippen LogP contribution in [-0.2, 0) is 41.9 Å². The maximum absolute atomic E-state index is 15.7. The number of sulfonamides is 3. The van der Waals surface area contributed by atoms with Crippen LogP contribution in [0.1, 0.15) is 87.1 Å². The summed E-state index contributed by atoms with van der Waals surface area (Å²) in [6.07, 6.45) is -12.3. The molecule has 0 spiro atoms. The summed E-state index contributed by atoms with van der Waals surface area (Å²) in [5.41, 5.74) is -5.24. The third-order valence-electron chi connectivity index (χ3n) is 15.1. The molecule has 3 aromatic carbocycles. The normalized spacial score (nSPS) is 18.3. The first kappa shape index (κ1) is 87.6. The Kier molecular flexibility index (Phi) is 24.0. The van der Waals surface area contributed by atoms with Crippen LogP contribution in [0.25, 0.3) is 0 Å². The maximum Gasteiger partial charge on any atom is 0.460 e. The molecule has 0 amide bonds. The average Bonchev–Trinajstić information content (AvgIpc) is 0.699. The lowest BCUT2D eigenvalue weighted by Crippen LogP contribution is -2.74. The zero-order chi connectivity index (χ0) is 79.1. The van der Waals surface area contributed by atoms with E-state index in [4.69, 9.17) is 0 Å². The molecule has 0 aromatic heterocycles. The molecule has 0 unspecified atom stereocenters. The van der Waals surface area contributed by atoms with Crippen molar-refractivity contribution in [2.45, 2.75) is 169 Å². The Morgan fingerprint density at radius 2 is 0.505 bits per heavy atom. The Bertz CT molecular complexity index is 3710. The van der Waals surface area contributed by atoms with Crippen LogP contribution >= 0.6 is 0 Å². The van der Waals surface area contributed by atoms with Crippen LogP contribution < -0.4 is 0 Å². The van der Waals surface area contributed by atoms with Gasteiger partial charge in [0.25, 0.3) is 0 Å². The van der Waals surface area contributed by atoms with E-state index in [-0.39, 0.29) is 49.9 Å². The highest BCUT2D eigenvalue weighted by Gasteiger charge is 2.97. The van der Waals surface area contributed by atoms with Crippen molar-refractivity contribution in [2.24, 2.45) is 0 Å². The first-order chi connectivity index (χ1) is 44.8. The fourth-order valence-corrected chi connectivity index (χ4v) is 13.8. The van der Waals surface area contributed by atoms with Gasteiger partial charge in [-0.3, -0.25) is 0 Å². The predicted octanol–water partition coefficient (Wildman–Crippen LogP) is 18.0. The number of hydrogen-bond acceptors (Lipinski definition) is 6. The summed E-state index contributed by atoms with van der Waals surface area (Å²) in [6.45, 7) is 2.08. The topological polar surface area (TPSA) is 112 Å². The molecule has 0 N–H and O–H groups in total. The number of hydrogen-bond donors (Lipinski definition) is 0. The molecule has 0 bridgehead atoms. The van der Waals surface area contributed by atoms with E-state index in [0.717, 1.165) is 12.2 Å². The van der Waals surface area contributed by atoms with Crippen LogP contribution in [0.15, 0.2) is 112 Å². The largest absolute Gasteiger partial charge is 0.460 e. The van der Waals surface area contributed by atoms with Gasteiger partial charge in [-0.05, 0) is 58.7 Å². The molecule has 0 fully saturated rings. The van der Waals surface area contributed by atoms with Crippen LogP contribution in [0.2, 0.25) is 0 Å². The first-order valence-electron chi connectivity index (χ1n) is 27.6. The van der Waals surface area contributed by atoms with Gasteiger partial charge in [0.1, 0.15) is 0 Å². The molecule has 101 heavy (non-hydrogen) atoms. The van der Waals surface area contributed by atoms with Crippen LogP contribution in [0.3, 0.4) is 0 Å². The monoisotopic (exact) mass is 1590 g/mol. The summed E-state index contributed by atoms with van der Waals surface area (Å²) < 4.78 is 572. The summed E-state index contributed by atoms with van der Waals surface area (Å²) in [7, 11) is -17.0. The molecular formula is C55H49F34N3O6S3. The van der Waals surface area contributed by atoms with Crippen LogP contribution in [0, 0.1) is 0 Å².